The van der Waals surface area contributed by atoms with E-state index in [4.69, 9.17) is 4.74 Å². The zero-order chi connectivity index (χ0) is 20.4. The van der Waals surface area contributed by atoms with E-state index in [1.807, 2.05) is 6.92 Å². The van der Waals surface area contributed by atoms with E-state index in [0.717, 1.165) is 0 Å². The lowest BCUT2D eigenvalue weighted by Crippen LogP contribution is -2.56. The van der Waals surface area contributed by atoms with Crippen molar-refractivity contribution in [3.05, 3.63) is 34.4 Å². The van der Waals surface area contributed by atoms with Crippen LogP contribution in [0.25, 0.3) is 0 Å². The molecule has 9 nitrogen and oxygen atoms in total. The Morgan fingerprint density at radius 3 is 2.07 bits per heavy atom. The molecule has 2 atom stereocenters. The summed E-state index contributed by atoms with van der Waals surface area (Å²) in [7, 11) is 0. The van der Waals surface area contributed by atoms with Crippen LogP contribution >= 0.6 is 0 Å². The number of nitrogens with zero attached hydrogens (tertiary/aromatic N) is 1. The van der Waals surface area contributed by atoms with Crippen molar-refractivity contribution in [2.75, 3.05) is 0 Å². The molecule has 0 bridgehead atoms. The van der Waals surface area contributed by atoms with Gasteiger partial charge in [-0.1, -0.05) is 27.2 Å². The lowest BCUT2D eigenvalue weighted by molar-refractivity contribution is -0.384. The first-order valence-electron chi connectivity index (χ1n) is 8.87. The molecule has 1 rings (SSSR count). The fourth-order valence-electron chi connectivity index (χ4n) is 2.36. The van der Waals surface area contributed by atoms with Gasteiger partial charge in [-0.05, 0) is 18.6 Å². The molecule has 0 aromatic heterocycles. The number of carbonyl (C=O) groups is 3. The second-order valence-electron chi connectivity index (χ2n) is 5.89. The summed E-state index contributed by atoms with van der Waals surface area (Å²) < 4.78 is 5.27. The Kier molecular flexibility index (Phi) is 8.91. The van der Waals surface area contributed by atoms with Crippen LogP contribution in [-0.4, -0.2) is 34.8 Å². The molecule has 0 radical (unpaired) electrons. The fourth-order valence-corrected chi connectivity index (χ4v) is 2.36. The minimum atomic E-state index is -1.07. The van der Waals surface area contributed by atoms with Crippen LogP contribution in [0.1, 0.15) is 46.5 Å². The monoisotopic (exact) mass is 379 g/mol. The number of ether oxygens (including phenoxy) is 1. The number of rotatable bonds is 10. The molecular weight excluding hydrogens is 354 g/mol. The van der Waals surface area contributed by atoms with Gasteiger partial charge in [-0.25, -0.2) is 4.79 Å². The minimum absolute atomic E-state index is 0.110. The maximum atomic E-state index is 12.6. The van der Waals surface area contributed by atoms with E-state index in [1.165, 1.54) is 24.3 Å². The molecule has 0 aliphatic rings. The topological polar surface area (TPSA) is 128 Å². The Bertz CT molecular complexity index is 674. The van der Waals surface area contributed by atoms with Crippen molar-refractivity contribution in [3.8, 4) is 5.75 Å². The molecule has 2 N–H and O–H groups in total. The summed E-state index contributed by atoms with van der Waals surface area (Å²) in [6.07, 6.45) is 1.56. The van der Waals surface area contributed by atoms with Crippen molar-refractivity contribution in [1.82, 2.24) is 10.6 Å². The second kappa shape index (κ2) is 10.9. The van der Waals surface area contributed by atoms with E-state index in [1.54, 1.807) is 13.8 Å². The number of nitro benzene ring substituents is 1. The highest BCUT2D eigenvalue weighted by Crippen LogP contribution is 2.18. The predicted molar refractivity (Wildman–Crippen MR) is 98.1 cm³/mol. The average molecular weight is 379 g/mol. The summed E-state index contributed by atoms with van der Waals surface area (Å²) in [5.41, 5.74) is -0.135. The van der Waals surface area contributed by atoms with Crippen LogP contribution in [0.2, 0.25) is 0 Å². The highest BCUT2D eigenvalue weighted by atomic mass is 16.6. The first-order chi connectivity index (χ1) is 12.8. The molecule has 0 spiro atoms. The normalized spacial score (nSPS) is 12.6. The highest BCUT2D eigenvalue weighted by molar-refractivity contribution is 5.87. The van der Waals surface area contributed by atoms with Crippen LogP contribution < -0.4 is 15.4 Å². The van der Waals surface area contributed by atoms with Gasteiger partial charge in [0.15, 0.2) is 0 Å². The Labute approximate surface area is 157 Å². The average Bonchev–Trinajstić information content (AvgIpc) is 2.65. The zero-order valence-electron chi connectivity index (χ0n) is 15.7. The van der Waals surface area contributed by atoms with Crippen LogP contribution in [0.4, 0.5) is 5.69 Å². The smallest absolute Gasteiger partial charge is 0.336 e. The number of hydrogen-bond donors (Lipinski definition) is 2. The molecule has 0 saturated carbocycles. The molecule has 0 aliphatic heterocycles. The molecule has 9 heteroatoms. The number of nitro groups is 1. The van der Waals surface area contributed by atoms with Gasteiger partial charge in [0, 0.05) is 25.0 Å². The third kappa shape index (κ3) is 7.04. The first kappa shape index (κ1) is 22.1. The first-order valence-corrected chi connectivity index (χ1v) is 8.87. The number of esters is 1. The van der Waals surface area contributed by atoms with Crippen molar-refractivity contribution >= 4 is 23.5 Å². The number of amides is 2. The molecular formula is C18H25N3O6. The Morgan fingerprint density at radius 1 is 1.04 bits per heavy atom. The van der Waals surface area contributed by atoms with E-state index in [0.29, 0.717) is 12.8 Å². The van der Waals surface area contributed by atoms with E-state index < -0.39 is 23.0 Å². The number of benzene rings is 1. The number of carbonyl (C=O) groups excluding carboxylic acids is 3. The van der Waals surface area contributed by atoms with Crippen LogP contribution in [0.5, 0.6) is 5.75 Å². The van der Waals surface area contributed by atoms with Crippen molar-refractivity contribution in [3.63, 3.8) is 0 Å². The fraction of sp³-hybridized carbons (Fsp3) is 0.500. The van der Waals surface area contributed by atoms with Gasteiger partial charge in [-0.3, -0.25) is 19.7 Å². The molecule has 1 aromatic rings. The van der Waals surface area contributed by atoms with Gasteiger partial charge < -0.3 is 15.4 Å². The maximum Gasteiger partial charge on any atom is 0.336 e. The van der Waals surface area contributed by atoms with Gasteiger partial charge in [0.1, 0.15) is 11.8 Å². The molecule has 0 aliphatic carbocycles. The van der Waals surface area contributed by atoms with E-state index in [-0.39, 0.29) is 36.1 Å². The van der Waals surface area contributed by atoms with Crippen LogP contribution in [0.15, 0.2) is 24.3 Å². The van der Waals surface area contributed by atoms with Gasteiger partial charge in [0.2, 0.25) is 11.8 Å². The largest absolute Gasteiger partial charge is 0.425 e. The SMILES string of the molecule is CCCC(NC(=O)CC)C(NC(=O)CC)C(=O)Oc1ccc([N+](=O)[O-])cc1. The Morgan fingerprint density at radius 2 is 1.59 bits per heavy atom. The van der Waals surface area contributed by atoms with Gasteiger partial charge >= 0.3 is 5.97 Å². The summed E-state index contributed by atoms with van der Waals surface area (Å²) in [5, 5.41) is 16.0. The Balaban J connectivity index is 3.01. The number of nitrogens with one attached hydrogen (secondary N) is 2. The quantitative estimate of drug-likeness (QED) is 0.277. The van der Waals surface area contributed by atoms with E-state index in [2.05, 4.69) is 10.6 Å². The van der Waals surface area contributed by atoms with Crippen molar-refractivity contribution < 1.29 is 24.0 Å². The summed E-state index contributed by atoms with van der Waals surface area (Å²) in [6.45, 7) is 5.23. The molecule has 148 valence electrons. The molecule has 0 fully saturated rings. The third-order valence-corrected chi connectivity index (χ3v) is 3.83. The van der Waals surface area contributed by atoms with Crippen molar-refractivity contribution in [2.45, 2.75) is 58.5 Å². The summed E-state index contributed by atoms with van der Waals surface area (Å²) >= 11 is 0. The van der Waals surface area contributed by atoms with Gasteiger partial charge in [-0.2, -0.15) is 0 Å². The standard InChI is InChI=1S/C18H25N3O6/c1-4-7-14(19-15(22)5-2)17(20-16(23)6-3)18(24)27-13-10-8-12(9-11-13)21(25)26/h8-11,14,17H,4-7H2,1-3H3,(H,19,22)(H,20,23). The van der Waals surface area contributed by atoms with Gasteiger partial charge in [-0.15, -0.1) is 0 Å². The van der Waals surface area contributed by atoms with Crippen LogP contribution in [0.3, 0.4) is 0 Å². The van der Waals surface area contributed by atoms with Gasteiger partial charge in [0.05, 0.1) is 11.0 Å². The second-order valence-corrected chi connectivity index (χ2v) is 5.89. The lowest BCUT2D eigenvalue weighted by Gasteiger charge is -2.27. The minimum Gasteiger partial charge on any atom is -0.425 e. The molecule has 2 amide bonds. The predicted octanol–water partition coefficient (Wildman–Crippen LogP) is 2.09. The Hall–Kier alpha value is -2.97. The summed E-state index contributed by atoms with van der Waals surface area (Å²) in [6, 6.07) is 3.34. The van der Waals surface area contributed by atoms with E-state index >= 15 is 0 Å². The van der Waals surface area contributed by atoms with Gasteiger partial charge in [0.25, 0.3) is 5.69 Å². The zero-order valence-corrected chi connectivity index (χ0v) is 15.7. The molecule has 27 heavy (non-hydrogen) atoms. The number of non-ortho nitro benzene ring substituents is 1. The molecule has 2 unspecified atom stereocenters. The molecule has 1 aromatic carbocycles. The number of hydrogen-bond acceptors (Lipinski definition) is 6. The maximum absolute atomic E-state index is 12.6. The van der Waals surface area contributed by atoms with E-state index in [9.17, 15) is 24.5 Å². The summed E-state index contributed by atoms with van der Waals surface area (Å²) in [4.78, 5) is 46.4. The van der Waals surface area contributed by atoms with Crippen LogP contribution in [0, 0.1) is 10.1 Å². The molecule has 0 heterocycles. The van der Waals surface area contributed by atoms with Crippen LogP contribution in [-0.2, 0) is 14.4 Å². The highest BCUT2D eigenvalue weighted by Gasteiger charge is 2.32. The van der Waals surface area contributed by atoms with Crippen molar-refractivity contribution in [1.29, 1.82) is 0 Å². The molecule has 0 saturated heterocycles. The van der Waals surface area contributed by atoms with Crippen molar-refractivity contribution in [2.24, 2.45) is 0 Å². The summed E-state index contributed by atoms with van der Waals surface area (Å²) in [5.74, 6) is -1.24. The lowest BCUT2D eigenvalue weighted by atomic mass is 10.0. The third-order valence-electron chi connectivity index (χ3n) is 3.83.